The van der Waals surface area contributed by atoms with E-state index in [0.717, 1.165) is 16.3 Å². The molecule has 3 aromatic carbocycles. The summed E-state index contributed by atoms with van der Waals surface area (Å²) >= 11 is 0. The molecular formula is C30H28N4O5. The predicted molar refractivity (Wildman–Crippen MR) is 147 cm³/mol. The van der Waals surface area contributed by atoms with E-state index < -0.39 is 5.91 Å². The summed E-state index contributed by atoms with van der Waals surface area (Å²) in [6.45, 7) is 2.03. The van der Waals surface area contributed by atoms with Crippen molar-refractivity contribution in [1.82, 2.24) is 10.4 Å². The van der Waals surface area contributed by atoms with Gasteiger partial charge >= 0.3 is 0 Å². The topological polar surface area (TPSA) is 115 Å². The van der Waals surface area contributed by atoms with Gasteiger partial charge in [-0.25, -0.2) is 10.4 Å². The molecule has 1 heterocycles. The third-order valence-corrected chi connectivity index (χ3v) is 5.80. The number of pyridine rings is 1. The van der Waals surface area contributed by atoms with E-state index in [2.05, 4.69) is 39.8 Å². The van der Waals surface area contributed by atoms with Crippen LogP contribution in [-0.2, 0) is 22.7 Å². The van der Waals surface area contributed by atoms with Crippen LogP contribution >= 0.6 is 0 Å². The van der Waals surface area contributed by atoms with Gasteiger partial charge in [0.05, 0.1) is 19.9 Å². The van der Waals surface area contributed by atoms with Crippen LogP contribution in [0, 0.1) is 18.3 Å². The van der Waals surface area contributed by atoms with Crippen molar-refractivity contribution in [2.45, 2.75) is 20.1 Å². The first-order valence-electron chi connectivity index (χ1n) is 12.1. The van der Waals surface area contributed by atoms with Gasteiger partial charge in [-0.05, 0) is 53.1 Å². The number of benzene rings is 3. The fraction of sp³-hybridized carbons (Fsp3) is 0.200. The fourth-order valence-electron chi connectivity index (χ4n) is 4.01. The molecule has 39 heavy (non-hydrogen) atoms. The van der Waals surface area contributed by atoms with Crippen molar-refractivity contribution in [2.24, 2.45) is 5.10 Å². The average molecular weight is 525 g/mol. The lowest BCUT2D eigenvalue weighted by molar-refractivity contribution is -0.123. The Bertz CT molecular complexity index is 1540. The summed E-state index contributed by atoms with van der Waals surface area (Å²) in [7, 11) is 3.10. The van der Waals surface area contributed by atoms with Crippen molar-refractivity contribution in [2.75, 3.05) is 20.8 Å². The van der Waals surface area contributed by atoms with Gasteiger partial charge < -0.3 is 18.9 Å². The molecule has 0 aliphatic rings. The molecule has 0 aliphatic heterocycles. The summed E-state index contributed by atoms with van der Waals surface area (Å²) in [4.78, 5) is 16.5. The molecule has 0 spiro atoms. The molecule has 0 fully saturated rings. The fourth-order valence-corrected chi connectivity index (χ4v) is 4.01. The number of ether oxygens (including phenoxy) is 4. The molecule has 0 radical (unpaired) electrons. The Morgan fingerprint density at radius 1 is 1.00 bits per heavy atom. The van der Waals surface area contributed by atoms with Gasteiger partial charge in [-0.3, -0.25) is 4.79 Å². The third-order valence-electron chi connectivity index (χ3n) is 5.80. The molecule has 1 N–H and O–H groups in total. The molecular weight excluding hydrogens is 496 g/mol. The van der Waals surface area contributed by atoms with Gasteiger partial charge in [0.25, 0.3) is 5.91 Å². The summed E-state index contributed by atoms with van der Waals surface area (Å²) in [5, 5.41) is 15.8. The molecule has 1 amide bonds. The average Bonchev–Trinajstić information content (AvgIpc) is 2.95. The number of hydrogen-bond acceptors (Lipinski definition) is 8. The minimum absolute atomic E-state index is 0.0764. The summed E-state index contributed by atoms with van der Waals surface area (Å²) < 4.78 is 22.2. The SMILES string of the molecule is COCc1cc(C)nc(OCC(=O)N/N=C\c2ccc(OCc3cccc4ccccc34)c(OC)c2)c1C#N. The maximum Gasteiger partial charge on any atom is 0.278 e. The molecule has 0 saturated heterocycles. The minimum Gasteiger partial charge on any atom is -0.493 e. The number of aryl methyl sites for hydroxylation is 1. The van der Waals surface area contributed by atoms with Crippen LogP contribution in [0.15, 0.2) is 71.8 Å². The molecule has 4 aromatic rings. The highest BCUT2D eigenvalue weighted by Gasteiger charge is 2.14. The van der Waals surface area contributed by atoms with Crippen molar-refractivity contribution >= 4 is 22.9 Å². The second-order valence-electron chi connectivity index (χ2n) is 8.57. The molecule has 9 heteroatoms. The highest BCUT2D eigenvalue weighted by Crippen LogP contribution is 2.29. The summed E-state index contributed by atoms with van der Waals surface area (Å²) in [6.07, 6.45) is 1.48. The van der Waals surface area contributed by atoms with Crippen molar-refractivity contribution in [1.29, 1.82) is 5.26 Å². The highest BCUT2D eigenvalue weighted by atomic mass is 16.5. The third kappa shape index (κ3) is 6.89. The normalized spacial score (nSPS) is 10.8. The molecule has 9 nitrogen and oxygen atoms in total. The van der Waals surface area contributed by atoms with E-state index in [1.807, 2.05) is 24.3 Å². The van der Waals surface area contributed by atoms with E-state index in [1.54, 1.807) is 38.3 Å². The second-order valence-corrected chi connectivity index (χ2v) is 8.57. The largest absolute Gasteiger partial charge is 0.493 e. The summed E-state index contributed by atoms with van der Waals surface area (Å²) in [5.41, 5.74) is 5.69. The van der Waals surface area contributed by atoms with E-state index in [0.29, 0.717) is 34.9 Å². The quantitative estimate of drug-likeness (QED) is 0.224. The first-order chi connectivity index (χ1) is 19.0. The van der Waals surface area contributed by atoms with Crippen LogP contribution in [0.1, 0.15) is 27.9 Å². The van der Waals surface area contributed by atoms with Crippen LogP contribution in [0.3, 0.4) is 0 Å². The second kappa shape index (κ2) is 13.0. The zero-order valence-electron chi connectivity index (χ0n) is 21.9. The van der Waals surface area contributed by atoms with Gasteiger partial charge in [-0.15, -0.1) is 0 Å². The lowest BCUT2D eigenvalue weighted by atomic mass is 10.1. The molecule has 0 atom stereocenters. The Balaban J connectivity index is 1.35. The molecule has 0 unspecified atom stereocenters. The van der Waals surface area contributed by atoms with E-state index in [4.69, 9.17) is 18.9 Å². The number of nitrogens with zero attached hydrogens (tertiary/aromatic N) is 3. The smallest absolute Gasteiger partial charge is 0.278 e. The number of carbonyl (C=O) groups is 1. The van der Waals surface area contributed by atoms with E-state index in [9.17, 15) is 10.1 Å². The van der Waals surface area contributed by atoms with Crippen LogP contribution in [0.4, 0.5) is 0 Å². The van der Waals surface area contributed by atoms with Gasteiger partial charge in [-0.2, -0.15) is 10.4 Å². The van der Waals surface area contributed by atoms with Crippen LogP contribution in [-0.4, -0.2) is 37.9 Å². The lowest BCUT2D eigenvalue weighted by Crippen LogP contribution is -2.25. The number of nitrogens with one attached hydrogen (secondary N) is 1. The Morgan fingerprint density at radius 2 is 1.82 bits per heavy atom. The zero-order valence-corrected chi connectivity index (χ0v) is 21.9. The minimum atomic E-state index is -0.506. The number of fused-ring (bicyclic) bond motifs is 1. The Labute approximate surface area is 226 Å². The van der Waals surface area contributed by atoms with Crippen LogP contribution in [0.5, 0.6) is 17.4 Å². The van der Waals surface area contributed by atoms with Gasteiger partial charge in [0.15, 0.2) is 18.1 Å². The van der Waals surface area contributed by atoms with E-state index >= 15 is 0 Å². The van der Waals surface area contributed by atoms with Gasteiger partial charge in [-0.1, -0.05) is 42.5 Å². The van der Waals surface area contributed by atoms with Gasteiger partial charge in [0, 0.05) is 18.4 Å². The number of methoxy groups -OCH3 is 2. The molecule has 4 rings (SSSR count). The summed E-state index contributed by atoms with van der Waals surface area (Å²) in [5.74, 6) is 0.698. The number of nitriles is 1. The van der Waals surface area contributed by atoms with E-state index in [1.165, 1.54) is 13.3 Å². The molecule has 0 saturated carbocycles. The Kier molecular flexibility index (Phi) is 9.06. The first-order valence-corrected chi connectivity index (χ1v) is 12.1. The number of carbonyl (C=O) groups excluding carboxylic acids is 1. The van der Waals surface area contributed by atoms with Crippen LogP contribution < -0.4 is 19.6 Å². The van der Waals surface area contributed by atoms with Gasteiger partial charge in [0.1, 0.15) is 18.2 Å². The van der Waals surface area contributed by atoms with Crippen molar-refractivity contribution < 1.29 is 23.7 Å². The molecule has 0 aliphatic carbocycles. The number of hydrogen-bond donors (Lipinski definition) is 1. The molecule has 198 valence electrons. The highest BCUT2D eigenvalue weighted by molar-refractivity contribution is 5.86. The Morgan fingerprint density at radius 3 is 2.62 bits per heavy atom. The van der Waals surface area contributed by atoms with Crippen molar-refractivity contribution in [3.05, 3.63) is 94.7 Å². The number of rotatable bonds is 11. The van der Waals surface area contributed by atoms with Crippen molar-refractivity contribution in [3.63, 3.8) is 0 Å². The maximum atomic E-state index is 12.3. The number of amides is 1. The van der Waals surface area contributed by atoms with E-state index in [-0.39, 0.29) is 24.7 Å². The van der Waals surface area contributed by atoms with Crippen LogP contribution in [0.25, 0.3) is 10.8 Å². The molecule has 0 bridgehead atoms. The Hall–Kier alpha value is -4.94. The molecule has 1 aromatic heterocycles. The first kappa shape index (κ1) is 27.1. The van der Waals surface area contributed by atoms with Crippen LogP contribution in [0.2, 0.25) is 0 Å². The maximum absolute atomic E-state index is 12.3. The van der Waals surface area contributed by atoms with Gasteiger partial charge in [0.2, 0.25) is 5.88 Å². The van der Waals surface area contributed by atoms with Crippen molar-refractivity contribution in [3.8, 4) is 23.4 Å². The number of hydrazone groups is 1. The monoisotopic (exact) mass is 524 g/mol. The summed E-state index contributed by atoms with van der Waals surface area (Å²) in [6, 6.07) is 23.4. The predicted octanol–water partition coefficient (Wildman–Crippen LogP) is 4.68. The lowest BCUT2D eigenvalue weighted by Gasteiger charge is -2.13. The standard InChI is InChI=1S/C30H28N4O5/c1-20-13-24(17-36-2)26(15-31)30(33-20)39-19-29(35)34-32-16-21-11-12-27(28(14-21)37-3)38-18-23-9-6-8-22-7-4-5-10-25(22)23/h4-14,16H,17-19H2,1-3H3,(H,34,35)/b32-16-. The zero-order chi connectivity index (χ0) is 27.6. The number of aromatic nitrogens is 1.